The van der Waals surface area contributed by atoms with Crippen LogP contribution in [0.2, 0.25) is 0 Å². The molecular weight excluding hydrogens is 681 g/mol. The van der Waals surface area contributed by atoms with Gasteiger partial charge in [0.05, 0.1) is 45.8 Å². The van der Waals surface area contributed by atoms with Crippen LogP contribution in [0.1, 0.15) is 33.4 Å². The van der Waals surface area contributed by atoms with E-state index in [1.807, 2.05) is 24.8 Å². The van der Waals surface area contributed by atoms with Crippen LogP contribution in [0.15, 0.2) is 146 Å². The fourth-order valence-corrected chi connectivity index (χ4v) is 10.0. The van der Waals surface area contributed by atoms with Crippen molar-refractivity contribution >= 4 is 43.6 Å². The third-order valence-corrected chi connectivity index (χ3v) is 12.6. The topological polar surface area (TPSA) is 35.6 Å². The first-order valence-corrected chi connectivity index (χ1v) is 19.8. The molecule has 0 radical (unpaired) electrons. The molecule has 56 heavy (non-hydrogen) atoms. The van der Waals surface area contributed by atoms with Crippen molar-refractivity contribution in [2.45, 2.75) is 39.5 Å². The van der Waals surface area contributed by atoms with Crippen LogP contribution in [-0.4, -0.2) is 19.1 Å². The molecule has 0 aliphatic heterocycles. The van der Waals surface area contributed by atoms with E-state index in [4.69, 9.17) is 0 Å². The van der Waals surface area contributed by atoms with E-state index in [1.54, 1.807) is 0 Å². The summed E-state index contributed by atoms with van der Waals surface area (Å²) >= 11 is 0. The first-order valence-electron chi connectivity index (χ1n) is 19.8. The Kier molecular flexibility index (Phi) is 6.68. The second-order valence-corrected chi connectivity index (χ2v) is 15.9. The fraction of sp³-hybridized carbons (Fsp3) is 0.115. The van der Waals surface area contributed by atoms with Gasteiger partial charge < -0.3 is 9.13 Å². The molecule has 0 atom stereocenters. The number of aromatic nitrogens is 4. The van der Waals surface area contributed by atoms with Gasteiger partial charge in [0.2, 0.25) is 0 Å². The third kappa shape index (κ3) is 4.53. The Morgan fingerprint density at radius 2 is 0.857 bits per heavy atom. The van der Waals surface area contributed by atoms with Crippen LogP contribution in [0.25, 0.3) is 88.4 Å². The summed E-state index contributed by atoms with van der Waals surface area (Å²) in [7, 11) is 0. The third-order valence-electron chi connectivity index (χ3n) is 12.6. The molecule has 0 bridgehead atoms. The summed E-state index contributed by atoms with van der Waals surface area (Å²) in [5.74, 6) is 0. The number of aryl methyl sites for hydroxylation is 6. The van der Waals surface area contributed by atoms with Crippen molar-refractivity contribution in [1.29, 1.82) is 0 Å². The smallest absolute Gasteiger partial charge is 0.0645 e. The zero-order chi connectivity index (χ0) is 37.1. The number of pyridine rings is 2. The van der Waals surface area contributed by atoms with Crippen molar-refractivity contribution in [2.75, 3.05) is 0 Å². The van der Waals surface area contributed by atoms with Gasteiger partial charge in [-0.1, -0.05) is 71.8 Å². The van der Waals surface area contributed by atoms with Crippen LogP contribution in [0.4, 0.5) is 0 Å². The molecule has 2 aliphatic carbocycles. The molecule has 4 heteroatoms. The molecule has 2 aliphatic rings. The Morgan fingerprint density at radius 1 is 0.429 bits per heavy atom. The summed E-state index contributed by atoms with van der Waals surface area (Å²) in [4.78, 5) is 9.22. The molecule has 4 nitrogen and oxygen atoms in total. The lowest BCUT2D eigenvalue weighted by Gasteiger charge is -2.31. The summed E-state index contributed by atoms with van der Waals surface area (Å²) in [6.45, 7) is 4.30. The highest BCUT2D eigenvalue weighted by Crippen LogP contribution is 2.51. The number of nitrogens with zero attached hydrogens (tertiary/aromatic N) is 4. The van der Waals surface area contributed by atoms with Crippen molar-refractivity contribution in [3.8, 4) is 44.8 Å². The minimum absolute atomic E-state index is 0.968. The number of rotatable bonds is 4. The van der Waals surface area contributed by atoms with Gasteiger partial charge in [0, 0.05) is 33.9 Å². The maximum Gasteiger partial charge on any atom is 0.0645 e. The Bertz CT molecular complexity index is 3000. The number of hydrogen-bond donors (Lipinski definition) is 0. The van der Waals surface area contributed by atoms with Gasteiger partial charge in [-0.05, 0) is 156 Å². The highest BCUT2D eigenvalue weighted by molar-refractivity contribution is 6.17. The largest absolute Gasteiger partial charge is 0.307 e. The summed E-state index contributed by atoms with van der Waals surface area (Å²) in [6.07, 6.45) is 11.8. The van der Waals surface area contributed by atoms with Crippen LogP contribution in [0.3, 0.4) is 0 Å². The Hall–Kier alpha value is -6.78. The van der Waals surface area contributed by atoms with Gasteiger partial charge in [-0.15, -0.1) is 0 Å². The number of fused-ring (bicyclic) bond motifs is 8. The van der Waals surface area contributed by atoms with E-state index in [0.29, 0.717) is 0 Å². The summed E-state index contributed by atoms with van der Waals surface area (Å²) < 4.78 is 4.98. The van der Waals surface area contributed by atoms with Crippen molar-refractivity contribution in [3.05, 3.63) is 179 Å². The van der Waals surface area contributed by atoms with Gasteiger partial charge in [-0.2, -0.15) is 0 Å². The van der Waals surface area contributed by atoms with Crippen LogP contribution in [-0.2, 0) is 25.7 Å². The second kappa shape index (κ2) is 11.9. The first-order chi connectivity index (χ1) is 27.6. The molecule has 0 spiro atoms. The quantitative estimate of drug-likeness (QED) is 0.182. The molecule has 266 valence electrons. The van der Waals surface area contributed by atoms with E-state index in [1.165, 1.54) is 110 Å². The molecule has 0 amide bonds. The lowest BCUT2D eigenvalue weighted by Crippen LogP contribution is -2.16. The molecule has 0 N–H and O–H groups in total. The molecule has 12 rings (SSSR count). The van der Waals surface area contributed by atoms with Crippen molar-refractivity contribution in [1.82, 2.24) is 19.1 Å². The minimum Gasteiger partial charge on any atom is -0.307 e. The van der Waals surface area contributed by atoms with Crippen molar-refractivity contribution in [2.24, 2.45) is 0 Å². The van der Waals surface area contributed by atoms with E-state index in [-0.39, 0.29) is 0 Å². The van der Waals surface area contributed by atoms with Crippen molar-refractivity contribution in [3.63, 3.8) is 0 Å². The average Bonchev–Trinajstić information content (AvgIpc) is 3.75. The van der Waals surface area contributed by atoms with Gasteiger partial charge in [-0.25, -0.2) is 0 Å². The second-order valence-electron chi connectivity index (χ2n) is 15.9. The standard InChI is InChI=1S/C52H38N4/c1-31-7-11-33(12-8-31)35-17-21-47-43(25-35)45-27-37-15-16-38-28-46-44-26-36(34-13-9-32(2)10-14-34)18-22-48(44)56(40-6-4-24-54-30-40)52(46)42-20-19-41(49(37)50(38)42)51(45)55(47)39-5-3-23-53-29-39/h3-14,17-18,21-30H,15-16,19-20H2,1-2H3. The zero-order valence-corrected chi connectivity index (χ0v) is 31.5. The maximum atomic E-state index is 4.61. The highest BCUT2D eigenvalue weighted by atomic mass is 15.0. The molecular formula is C52H38N4. The summed E-state index contributed by atoms with van der Waals surface area (Å²) in [5, 5.41) is 5.28. The van der Waals surface area contributed by atoms with Gasteiger partial charge in [0.1, 0.15) is 0 Å². The van der Waals surface area contributed by atoms with E-state index < -0.39 is 0 Å². The predicted molar refractivity (Wildman–Crippen MR) is 231 cm³/mol. The van der Waals surface area contributed by atoms with Gasteiger partial charge in [-0.3, -0.25) is 9.97 Å². The van der Waals surface area contributed by atoms with Gasteiger partial charge >= 0.3 is 0 Å². The highest BCUT2D eigenvalue weighted by Gasteiger charge is 2.33. The molecule has 10 aromatic rings. The Balaban J connectivity index is 1.16. The first kappa shape index (κ1) is 31.6. The Morgan fingerprint density at radius 3 is 1.27 bits per heavy atom. The molecule has 4 aromatic heterocycles. The van der Waals surface area contributed by atoms with Gasteiger partial charge in [0.15, 0.2) is 0 Å². The van der Waals surface area contributed by atoms with Crippen LogP contribution < -0.4 is 0 Å². The molecule has 0 unspecified atom stereocenters. The van der Waals surface area contributed by atoms with E-state index in [2.05, 4.69) is 154 Å². The van der Waals surface area contributed by atoms with E-state index in [0.717, 1.165) is 37.1 Å². The lowest BCUT2D eigenvalue weighted by molar-refractivity contribution is 0.883. The Labute approximate surface area is 325 Å². The van der Waals surface area contributed by atoms with Gasteiger partial charge in [0.25, 0.3) is 0 Å². The molecule has 4 heterocycles. The number of hydrogen-bond acceptors (Lipinski definition) is 2. The molecule has 0 saturated carbocycles. The van der Waals surface area contributed by atoms with Crippen molar-refractivity contribution < 1.29 is 0 Å². The normalized spacial score (nSPS) is 13.2. The molecule has 0 fully saturated rings. The maximum absolute atomic E-state index is 4.61. The average molecular weight is 719 g/mol. The van der Waals surface area contributed by atoms with Crippen LogP contribution in [0.5, 0.6) is 0 Å². The van der Waals surface area contributed by atoms with Crippen LogP contribution in [0, 0.1) is 13.8 Å². The predicted octanol–water partition coefficient (Wildman–Crippen LogP) is 12.5. The van der Waals surface area contributed by atoms with E-state index in [9.17, 15) is 0 Å². The monoisotopic (exact) mass is 718 g/mol. The molecule has 6 aromatic carbocycles. The summed E-state index contributed by atoms with van der Waals surface area (Å²) in [6, 6.07) is 45.5. The van der Waals surface area contributed by atoms with Crippen LogP contribution >= 0.6 is 0 Å². The zero-order valence-electron chi connectivity index (χ0n) is 31.5. The van der Waals surface area contributed by atoms with E-state index >= 15 is 0 Å². The lowest BCUT2D eigenvalue weighted by atomic mass is 9.74. The minimum atomic E-state index is 0.968. The molecule has 0 saturated heterocycles. The SMILES string of the molecule is Cc1ccc(-c2ccc3c(c2)c2cc4c5c(c2n3-c2cccnc2)CCc2c-5c(cc3c5cc(-c6ccc(C)cc6)ccc5n(-c5cccnc5)c23)CC4)cc1. The summed E-state index contributed by atoms with van der Waals surface area (Å²) in [5.41, 5.74) is 23.6. The number of benzene rings is 6. The fourth-order valence-electron chi connectivity index (χ4n) is 10.0.